The van der Waals surface area contributed by atoms with Crippen molar-refractivity contribution in [1.29, 1.82) is 0 Å². The minimum atomic E-state index is -0.379. The highest BCUT2D eigenvalue weighted by molar-refractivity contribution is 4.94. The lowest BCUT2D eigenvalue weighted by atomic mass is 9.86. The van der Waals surface area contributed by atoms with Crippen LogP contribution in [0.25, 0.3) is 0 Å². The van der Waals surface area contributed by atoms with E-state index in [2.05, 4.69) is 17.5 Å². The summed E-state index contributed by atoms with van der Waals surface area (Å²) in [6.45, 7) is 0. The highest BCUT2D eigenvalue weighted by atomic mass is 15.6. The third kappa shape index (κ3) is 2.56. The maximum Gasteiger partial charge on any atom is 0.0946 e. The molecule has 0 aliphatic heterocycles. The summed E-state index contributed by atoms with van der Waals surface area (Å²) in [6.07, 6.45) is 9.71. The molecule has 2 saturated carbocycles. The molecule has 0 bridgehead atoms. The van der Waals surface area contributed by atoms with Gasteiger partial charge in [-0.2, -0.15) is 0 Å². The van der Waals surface area contributed by atoms with Gasteiger partial charge in [0.2, 0.25) is 0 Å². The molecule has 0 amide bonds. The van der Waals surface area contributed by atoms with Crippen LogP contribution in [0.5, 0.6) is 0 Å². The molecule has 16 heavy (non-hydrogen) atoms. The summed E-state index contributed by atoms with van der Waals surface area (Å²) < 4.78 is 0. The van der Waals surface area contributed by atoms with Gasteiger partial charge in [0.05, 0.1) is 5.66 Å². The van der Waals surface area contributed by atoms with Gasteiger partial charge in [0.1, 0.15) is 0 Å². The molecule has 5 N–H and O–H groups in total. The fourth-order valence-electron chi connectivity index (χ4n) is 3.07. The first kappa shape index (κ1) is 12.3. The van der Waals surface area contributed by atoms with Crippen molar-refractivity contribution >= 4 is 0 Å². The lowest BCUT2D eigenvalue weighted by molar-refractivity contribution is 0.0533. The Morgan fingerprint density at radius 1 is 1.12 bits per heavy atom. The van der Waals surface area contributed by atoms with Crippen LogP contribution in [-0.2, 0) is 0 Å². The molecule has 2 aliphatic rings. The molecule has 2 unspecified atom stereocenters. The van der Waals surface area contributed by atoms with E-state index in [-0.39, 0.29) is 11.7 Å². The SMILES string of the molecule is CN(NC1(N)CCCCC1N)C1CCCC1. The molecule has 2 atom stereocenters. The summed E-state index contributed by atoms with van der Waals surface area (Å²) >= 11 is 0. The highest BCUT2D eigenvalue weighted by Crippen LogP contribution is 2.26. The van der Waals surface area contributed by atoms with Gasteiger partial charge in [-0.05, 0) is 25.7 Å². The van der Waals surface area contributed by atoms with E-state index >= 15 is 0 Å². The Morgan fingerprint density at radius 3 is 2.38 bits per heavy atom. The third-order valence-corrected chi connectivity index (χ3v) is 4.27. The first-order valence-electron chi connectivity index (χ1n) is 6.67. The second-order valence-corrected chi connectivity index (χ2v) is 5.55. The molecular formula is C12H26N4. The Balaban J connectivity index is 1.90. The van der Waals surface area contributed by atoms with Crippen LogP contribution in [0, 0.1) is 0 Å². The van der Waals surface area contributed by atoms with E-state index < -0.39 is 0 Å². The van der Waals surface area contributed by atoms with Crippen LogP contribution in [-0.4, -0.2) is 29.8 Å². The number of rotatable bonds is 3. The lowest BCUT2D eigenvalue weighted by Gasteiger charge is -2.43. The second-order valence-electron chi connectivity index (χ2n) is 5.55. The van der Waals surface area contributed by atoms with Crippen molar-refractivity contribution in [3.05, 3.63) is 0 Å². The van der Waals surface area contributed by atoms with Crippen LogP contribution in [0.2, 0.25) is 0 Å². The maximum absolute atomic E-state index is 6.39. The van der Waals surface area contributed by atoms with Crippen molar-refractivity contribution in [2.45, 2.75) is 69.1 Å². The van der Waals surface area contributed by atoms with Crippen molar-refractivity contribution in [3.63, 3.8) is 0 Å². The largest absolute Gasteiger partial charge is 0.325 e. The summed E-state index contributed by atoms with van der Waals surface area (Å²) in [5.41, 5.74) is 15.6. The lowest BCUT2D eigenvalue weighted by Crippen LogP contribution is -2.70. The van der Waals surface area contributed by atoms with Crippen LogP contribution < -0.4 is 16.9 Å². The van der Waals surface area contributed by atoms with Crippen LogP contribution in [0.3, 0.4) is 0 Å². The van der Waals surface area contributed by atoms with Gasteiger partial charge in [-0.25, -0.2) is 10.4 Å². The fraction of sp³-hybridized carbons (Fsp3) is 1.00. The summed E-state index contributed by atoms with van der Waals surface area (Å²) in [5, 5.41) is 2.22. The Labute approximate surface area is 98.7 Å². The van der Waals surface area contributed by atoms with Crippen LogP contribution in [0.4, 0.5) is 0 Å². The molecule has 0 heterocycles. The molecule has 2 rings (SSSR count). The predicted molar refractivity (Wildman–Crippen MR) is 66.5 cm³/mol. The molecule has 2 fully saturated rings. The Morgan fingerprint density at radius 2 is 1.75 bits per heavy atom. The van der Waals surface area contributed by atoms with Gasteiger partial charge in [0, 0.05) is 19.1 Å². The first-order valence-corrected chi connectivity index (χ1v) is 6.67. The van der Waals surface area contributed by atoms with Crippen LogP contribution in [0.15, 0.2) is 0 Å². The Kier molecular flexibility index (Phi) is 3.85. The molecule has 4 nitrogen and oxygen atoms in total. The topological polar surface area (TPSA) is 67.3 Å². The quantitative estimate of drug-likeness (QED) is 0.494. The summed E-state index contributed by atoms with van der Waals surface area (Å²) in [4.78, 5) is 0. The normalized spacial score (nSPS) is 37.1. The van der Waals surface area contributed by atoms with E-state index in [1.54, 1.807) is 0 Å². The van der Waals surface area contributed by atoms with Crippen LogP contribution >= 0.6 is 0 Å². The van der Waals surface area contributed by atoms with Gasteiger partial charge >= 0.3 is 0 Å². The number of nitrogens with two attached hydrogens (primary N) is 2. The second kappa shape index (κ2) is 5.00. The zero-order valence-corrected chi connectivity index (χ0v) is 10.4. The van der Waals surface area contributed by atoms with Gasteiger partial charge in [0.15, 0.2) is 0 Å². The number of nitrogens with one attached hydrogen (secondary N) is 1. The van der Waals surface area contributed by atoms with E-state index in [4.69, 9.17) is 11.5 Å². The zero-order chi connectivity index (χ0) is 11.6. The summed E-state index contributed by atoms with van der Waals surface area (Å²) in [5.74, 6) is 0. The van der Waals surface area contributed by atoms with E-state index in [1.807, 2.05) is 0 Å². The van der Waals surface area contributed by atoms with Crippen molar-refractivity contribution in [2.24, 2.45) is 11.5 Å². The molecule has 0 radical (unpaired) electrons. The minimum Gasteiger partial charge on any atom is -0.325 e. The molecule has 0 spiro atoms. The minimum absolute atomic E-state index is 0.0881. The zero-order valence-electron chi connectivity index (χ0n) is 10.4. The van der Waals surface area contributed by atoms with Crippen molar-refractivity contribution < 1.29 is 0 Å². The van der Waals surface area contributed by atoms with Crippen molar-refractivity contribution in [1.82, 2.24) is 10.4 Å². The number of hydrazine groups is 1. The van der Waals surface area contributed by atoms with Gasteiger partial charge < -0.3 is 11.5 Å². The van der Waals surface area contributed by atoms with Gasteiger partial charge in [-0.3, -0.25) is 0 Å². The molecule has 0 aromatic carbocycles. The molecule has 4 heteroatoms. The molecular weight excluding hydrogens is 200 g/mol. The fourth-order valence-corrected chi connectivity index (χ4v) is 3.07. The van der Waals surface area contributed by atoms with Crippen LogP contribution in [0.1, 0.15) is 51.4 Å². The molecule has 94 valence electrons. The number of hydrogen-bond donors (Lipinski definition) is 3. The number of hydrogen-bond acceptors (Lipinski definition) is 4. The molecule has 0 aromatic heterocycles. The summed E-state index contributed by atoms with van der Waals surface area (Å²) in [7, 11) is 2.12. The van der Waals surface area contributed by atoms with Gasteiger partial charge in [-0.1, -0.05) is 25.7 Å². The summed E-state index contributed by atoms with van der Waals surface area (Å²) in [6, 6.07) is 0.736. The Bertz CT molecular complexity index is 227. The molecule has 0 saturated heterocycles. The molecule has 0 aromatic rings. The third-order valence-electron chi connectivity index (χ3n) is 4.27. The smallest absolute Gasteiger partial charge is 0.0946 e. The highest BCUT2D eigenvalue weighted by Gasteiger charge is 2.37. The number of nitrogens with zero attached hydrogens (tertiary/aromatic N) is 1. The maximum atomic E-state index is 6.39. The standard InChI is InChI=1S/C12H26N4/c1-16(10-6-2-3-7-10)15-12(14)9-5-4-8-11(12)13/h10-11,15H,2-9,13-14H2,1H3. The molecule has 2 aliphatic carbocycles. The predicted octanol–water partition coefficient (Wildman–Crippen LogP) is 0.922. The van der Waals surface area contributed by atoms with E-state index in [0.717, 1.165) is 12.8 Å². The first-order chi connectivity index (χ1) is 7.62. The van der Waals surface area contributed by atoms with Crippen molar-refractivity contribution in [3.8, 4) is 0 Å². The van der Waals surface area contributed by atoms with Gasteiger partial charge in [0.25, 0.3) is 0 Å². The monoisotopic (exact) mass is 226 g/mol. The van der Waals surface area contributed by atoms with Gasteiger partial charge in [-0.15, -0.1) is 0 Å². The average Bonchev–Trinajstić information content (AvgIpc) is 2.76. The van der Waals surface area contributed by atoms with Crippen molar-refractivity contribution in [2.75, 3.05) is 7.05 Å². The van der Waals surface area contributed by atoms with E-state index in [9.17, 15) is 0 Å². The Hall–Kier alpha value is -0.160. The van der Waals surface area contributed by atoms with E-state index in [1.165, 1.54) is 38.5 Å². The average molecular weight is 226 g/mol. The van der Waals surface area contributed by atoms with E-state index in [0.29, 0.717) is 6.04 Å².